The minimum atomic E-state index is -1.59. The molecule has 4 aromatic rings. The minimum absolute atomic E-state index is 0.250. The maximum Gasteiger partial charge on any atom is 0.259 e. The van der Waals surface area contributed by atoms with Crippen molar-refractivity contribution in [3.63, 3.8) is 0 Å². The summed E-state index contributed by atoms with van der Waals surface area (Å²) in [6, 6.07) is 23.8. The highest BCUT2D eigenvalue weighted by Crippen LogP contribution is 2.36. The lowest BCUT2D eigenvalue weighted by molar-refractivity contribution is 0.0950. The van der Waals surface area contributed by atoms with Gasteiger partial charge in [0.15, 0.2) is 11.5 Å². The fourth-order valence-corrected chi connectivity index (χ4v) is 6.31. The van der Waals surface area contributed by atoms with E-state index in [9.17, 15) is 13.8 Å². The quantitative estimate of drug-likeness (QED) is 0.298. The van der Waals surface area contributed by atoms with Crippen molar-refractivity contribution in [3.8, 4) is 11.5 Å². The van der Waals surface area contributed by atoms with Gasteiger partial charge in [-0.05, 0) is 79.4 Å². The maximum atomic E-state index is 13.9. The van der Waals surface area contributed by atoms with E-state index < -0.39 is 10.8 Å². The molecule has 0 saturated heterocycles. The number of methoxy groups -OCH3 is 2. The average Bonchev–Trinajstić information content (AvgIpc) is 3.07. The predicted molar refractivity (Wildman–Crippen MR) is 160 cm³/mol. The van der Waals surface area contributed by atoms with Crippen LogP contribution in [0.3, 0.4) is 0 Å². The molecule has 0 spiro atoms. The van der Waals surface area contributed by atoms with E-state index in [1.54, 1.807) is 61.6 Å². The standard InChI is InChI=1S/C33H32N2O5S/c1-21-9-10-22(2)25(17-21)20-35-27-19-24(12-14-31(27)41(38)30-8-6-5-7-26(30)33(35)37)32(36)34-16-15-23-11-13-28(39-3)29(18-23)40-4/h5-14,17-19H,15-16,20H2,1-4H3,(H,34,36)/t41-/m1/s1. The largest absolute Gasteiger partial charge is 0.493 e. The molecule has 0 saturated carbocycles. The molecule has 0 bridgehead atoms. The van der Waals surface area contributed by atoms with Crippen LogP contribution >= 0.6 is 0 Å². The van der Waals surface area contributed by atoms with E-state index in [1.165, 1.54) is 0 Å². The Kier molecular flexibility index (Phi) is 8.21. The van der Waals surface area contributed by atoms with Gasteiger partial charge in [-0.3, -0.25) is 9.59 Å². The summed E-state index contributed by atoms with van der Waals surface area (Å²) in [7, 11) is 1.58. The SMILES string of the molecule is COc1ccc(CCNC(=O)c2ccc3c(c2)N(Cc2cc(C)ccc2C)C(=O)c2ccccc2[S@]3=O)cc1OC. The molecule has 0 unspecified atom stereocenters. The van der Waals surface area contributed by atoms with E-state index >= 15 is 0 Å². The number of carbonyl (C=O) groups is 2. The molecule has 1 atom stereocenters. The second-order valence-electron chi connectivity index (χ2n) is 9.96. The van der Waals surface area contributed by atoms with Gasteiger partial charge in [0.25, 0.3) is 11.8 Å². The summed E-state index contributed by atoms with van der Waals surface area (Å²) < 4.78 is 24.4. The smallest absolute Gasteiger partial charge is 0.259 e. The van der Waals surface area contributed by atoms with Crippen molar-refractivity contribution < 1.29 is 23.3 Å². The van der Waals surface area contributed by atoms with Crippen molar-refractivity contribution in [2.45, 2.75) is 36.6 Å². The first-order valence-electron chi connectivity index (χ1n) is 13.3. The molecule has 0 fully saturated rings. The van der Waals surface area contributed by atoms with Crippen LogP contribution in [-0.4, -0.2) is 36.8 Å². The third-order valence-corrected chi connectivity index (χ3v) is 8.75. The molecule has 5 rings (SSSR count). The van der Waals surface area contributed by atoms with Gasteiger partial charge in [-0.2, -0.15) is 0 Å². The van der Waals surface area contributed by atoms with Crippen molar-refractivity contribution in [2.75, 3.05) is 25.7 Å². The Hall–Kier alpha value is -4.43. The molecule has 1 aliphatic heterocycles. The highest BCUT2D eigenvalue weighted by molar-refractivity contribution is 7.85. The highest BCUT2D eigenvalue weighted by atomic mass is 32.2. The first kappa shape index (κ1) is 28.1. The van der Waals surface area contributed by atoms with Crippen molar-refractivity contribution in [3.05, 3.63) is 112 Å². The monoisotopic (exact) mass is 568 g/mol. The van der Waals surface area contributed by atoms with Crippen molar-refractivity contribution in [2.24, 2.45) is 0 Å². The number of fused-ring (bicyclic) bond motifs is 2. The molecule has 1 N–H and O–H groups in total. The maximum absolute atomic E-state index is 13.9. The van der Waals surface area contributed by atoms with Gasteiger partial charge in [0.05, 0.1) is 52.6 Å². The lowest BCUT2D eigenvalue weighted by Crippen LogP contribution is -2.31. The molecule has 210 valence electrons. The van der Waals surface area contributed by atoms with E-state index in [2.05, 4.69) is 11.4 Å². The molecule has 2 amide bonds. The molecular formula is C33H32N2O5S. The van der Waals surface area contributed by atoms with Gasteiger partial charge in [-0.1, -0.05) is 42.0 Å². The van der Waals surface area contributed by atoms with Crippen molar-refractivity contribution in [1.82, 2.24) is 5.32 Å². The van der Waals surface area contributed by atoms with Crippen LogP contribution in [-0.2, 0) is 23.8 Å². The van der Waals surface area contributed by atoms with Gasteiger partial charge in [-0.25, -0.2) is 4.21 Å². The molecule has 0 aromatic heterocycles. The lowest BCUT2D eigenvalue weighted by atomic mass is 10.0. The zero-order chi connectivity index (χ0) is 29.1. The van der Waals surface area contributed by atoms with Gasteiger partial charge >= 0.3 is 0 Å². The average molecular weight is 569 g/mol. The Morgan fingerprint density at radius 1 is 0.878 bits per heavy atom. The summed E-state index contributed by atoms with van der Waals surface area (Å²) in [5, 5.41) is 2.97. The van der Waals surface area contributed by atoms with Crippen LogP contribution in [0, 0.1) is 13.8 Å². The topological polar surface area (TPSA) is 84.9 Å². The number of nitrogens with zero attached hydrogens (tertiary/aromatic N) is 1. The van der Waals surface area contributed by atoms with Gasteiger partial charge in [0.1, 0.15) is 0 Å². The Balaban J connectivity index is 1.44. The van der Waals surface area contributed by atoms with Gasteiger partial charge in [0.2, 0.25) is 0 Å². The first-order valence-corrected chi connectivity index (χ1v) is 14.5. The number of hydrogen-bond acceptors (Lipinski definition) is 5. The van der Waals surface area contributed by atoms with E-state index in [4.69, 9.17) is 9.47 Å². The van der Waals surface area contributed by atoms with E-state index in [1.807, 2.05) is 44.2 Å². The molecule has 0 aliphatic carbocycles. The molecule has 7 nitrogen and oxygen atoms in total. The number of hydrogen-bond donors (Lipinski definition) is 1. The zero-order valence-corrected chi connectivity index (χ0v) is 24.3. The summed E-state index contributed by atoms with van der Waals surface area (Å²) in [6.45, 7) is 4.70. The Morgan fingerprint density at radius 3 is 2.44 bits per heavy atom. The van der Waals surface area contributed by atoms with Crippen LogP contribution in [0.5, 0.6) is 11.5 Å². The van der Waals surface area contributed by atoms with Crippen LogP contribution in [0.2, 0.25) is 0 Å². The summed E-state index contributed by atoms with van der Waals surface area (Å²) >= 11 is 0. The third kappa shape index (κ3) is 5.74. The number of rotatable bonds is 8. The van der Waals surface area contributed by atoms with Crippen LogP contribution in [0.15, 0.2) is 88.7 Å². The number of amides is 2. The fraction of sp³-hybridized carbons (Fsp3) is 0.212. The van der Waals surface area contributed by atoms with Crippen LogP contribution < -0.4 is 19.7 Å². The number of anilines is 1. The van der Waals surface area contributed by atoms with Crippen molar-refractivity contribution >= 4 is 28.3 Å². The summed E-state index contributed by atoms with van der Waals surface area (Å²) in [5.41, 5.74) is 5.36. The summed E-state index contributed by atoms with van der Waals surface area (Å²) in [5.74, 6) is 0.744. The predicted octanol–water partition coefficient (Wildman–Crippen LogP) is 5.62. The molecule has 41 heavy (non-hydrogen) atoms. The first-order chi connectivity index (χ1) is 19.8. The van der Waals surface area contributed by atoms with Crippen LogP contribution in [0.4, 0.5) is 5.69 Å². The normalized spacial score (nSPS) is 14.1. The number of benzene rings is 4. The van der Waals surface area contributed by atoms with Gasteiger partial charge in [-0.15, -0.1) is 0 Å². The molecular weight excluding hydrogens is 536 g/mol. The summed E-state index contributed by atoms with van der Waals surface area (Å²) in [4.78, 5) is 29.8. The van der Waals surface area contributed by atoms with Gasteiger partial charge in [0, 0.05) is 12.1 Å². The lowest BCUT2D eigenvalue weighted by Gasteiger charge is -2.24. The Bertz CT molecular complexity index is 1670. The second kappa shape index (κ2) is 12.0. The molecule has 0 radical (unpaired) electrons. The number of nitrogens with one attached hydrogen (secondary N) is 1. The van der Waals surface area contributed by atoms with Crippen LogP contribution in [0.1, 0.15) is 43.0 Å². The Morgan fingerprint density at radius 2 is 1.66 bits per heavy atom. The second-order valence-corrected chi connectivity index (χ2v) is 11.4. The van der Waals surface area contributed by atoms with E-state index in [0.717, 1.165) is 22.3 Å². The number of aryl methyl sites for hydroxylation is 2. The number of carbonyl (C=O) groups excluding carboxylic acids is 2. The molecule has 1 heterocycles. The zero-order valence-electron chi connectivity index (χ0n) is 23.5. The van der Waals surface area contributed by atoms with E-state index in [0.29, 0.717) is 51.1 Å². The molecule has 4 aromatic carbocycles. The third-order valence-electron chi connectivity index (χ3n) is 7.25. The number of ether oxygens (including phenoxy) is 2. The Labute approximate surface area is 242 Å². The summed E-state index contributed by atoms with van der Waals surface area (Å²) in [6.07, 6.45) is 0.591. The van der Waals surface area contributed by atoms with Crippen LogP contribution in [0.25, 0.3) is 0 Å². The van der Waals surface area contributed by atoms with E-state index in [-0.39, 0.29) is 18.4 Å². The minimum Gasteiger partial charge on any atom is -0.493 e. The highest BCUT2D eigenvalue weighted by Gasteiger charge is 2.31. The fourth-order valence-electron chi connectivity index (χ4n) is 4.96. The molecule has 1 aliphatic rings. The van der Waals surface area contributed by atoms with Gasteiger partial charge < -0.3 is 19.7 Å². The van der Waals surface area contributed by atoms with Crippen molar-refractivity contribution in [1.29, 1.82) is 0 Å². The molecule has 8 heteroatoms.